The molecule has 7 heteroatoms. The van der Waals surface area contributed by atoms with Crippen molar-refractivity contribution in [2.45, 2.75) is 19.4 Å². The van der Waals surface area contributed by atoms with Crippen molar-refractivity contribution in [1.29, 1.82) is 0 Å². The number of hydrogen-bond acceptors (Lipinski definition) is 5. The van der Waals surface area contributed by atoms with E-state index in [2.05, 4.69) is 5.10 Å². The lowest BCUT2D eigenvalue weighted by Gasteiger charge is -2.20. The van der Waals surface area contributed by atoms with Crippen LogP contribution in [0.3, 0.4) is 0 Å². The van der Waals surface area contributed by atoms with Crippen LogP contribution in [0.5, 0.6) is 5.75 Å². The van der Waals surface area contributed by atoms with Crippen LogP contribution in [0.2, 0.25) is 0 Å². The van der Waals surface area contributed by atoms with Gasteiger partial charge in [-0.25, -0.2) is 0 Å². The van der Waals surface area contributed by atoms with Gasteiger partial charge in [0.1, 0.15) is 24.1 Å². The molecule has 7 nitrogen and oxygen atoms in total. The number of anilines is 1. The average Bonchev–Trinajstić information content (AvgIpc) is 3.15. The van der Waals surface area contributed by atoms with E-state index in [0.29, 0.717) is 18.9 Å². The number of para-hydroxylation sites is 2. The summed E-state index contributed by atoms with van der Waals surface area (Å²) in [6.07, 6.45) is 0.187. The number of primary amides is 1. The van der Waals surface area contributed by atoms with E-state index in [1.807, 2.05) is 61.5 Å². The number of aryl methyl sites for hydroxylation is 1. The summed E-state index contributed by atoms with van der Waals surface area (Å²) >= 11 is 0. The maximum atomic E-state index is 12.8. The minimum Gasteiger partial charge on any atom is -0.491 e. The van der Waals surface area contributed by atoms with Crippen LogP contribution in [0.15, 0.2) is 59.7 Å². The number of rotatable bonds is 7. The van der Waals surface area contributed by atoms with Crippen molar-refractivity contribution in [3.63, 3.8) is 0 Å². The number of hydrogen-bond donors (Lipinski definition) is 1. The molecule has 1 heterocycles. The zero-order valence-electron chi connectivity index (χ0n) is 16.0. The Morgan fingerprint density at radius 2 is 1.86 bits per heavy atom. The molecule has 2 aromatic rings. The van der Waals surface area contributed by atoms with Crippen LogP contribution >= 0.6 is 0 Å². The Kier molecular flexibility index (Phi) is 5.93. The Bertz CT molecular complexity index is 882. The van der Waals surface area contributed by atoms with Gasteiger partial charge >= 0.3 is 0 Å². The second-order valence-corrected chi connectivity index (χ2v) is 6.69. The summed E-state index contributed by atoms with van der Waals surface area (Å²) in [7, 11) is 1.69. The lowest BCUT2D eigenvalue weighted by atomic mass is 10.1. The van der Waals surface area contributed by atoms with Gasteiger partial charge < -0.3 is 15.4 Å². The second kappa shape index (κ2) is 8.56. The molecule has 28 heavy (non-hydrogen) atoms. The van der Waals surface area contributed by atoms with Crippen molar-refractivity contribution in [2.75, 3.05) is 25.2 Å². The minimum absolute atomic E-state index is 0.187. The highest BCUT2D eigenvalue weighted by molar-refractivity contribution is 6.40. The first-order chi connectivity index (χ1) is 13.5. The monoisotopic (exact) mass is 380 g/mol. The summed E-state index contributed by atoms with van der Waals surface area (Å²) in [4.78, 5) is 26.2. The van der Waals surface area contributed by atoms with Crippen LogP contribution in [0.1, 0.15) is 12.0 Å². The van der Waals surface area contributed by atoms with Crippen LogP contribution in [-0.2, 0) is 9.59 Å². The van der Waals surface area contributed by atoms with E-state index >= 15 is 0 Å². The molecule has 1 atom stereocenters. The van der Waals surface area contributed by atoms with Gasteiger partial charge in [0.25, 0.3) is 5.91 Å². The first-order valence-corrected chi connectivity index (χ1v) is 9.12. The molecule has 2 aromatic carbocycles. The fraction of sp³-hybridized carbons (Fsp3) is 0.286. The number of nitrogens with zero attached hydrogens (tertiary/aromatic N) is 3. The Labute approximate surface area is 164 Å². The van der Waals surface area contributed by atoms with Crippen LogP contribution in [0, 0.1) is 6.92 Å². The molecule has 0 saturated heterocycles. The maximum Gasteiger partial charge on any atom is 0.270 e. The molecule has 0 spiro atoms. The van der Waals surface area contributed by atoms with Gasteiger partial charge in [0.15, 0.2) is 0 Å². The minimum atomic E-state index is -0.669. The van der Waals surface area contributed by atoms with Crippen LogP contribution in [0.25, 0.3) is 0 Å². The van der Waals surface area contributed by atoms with Gasteiger partial charge in [0.05, 0.1) is 12.2 Å². The normalized spacial score (nSPS) is 15.9. The van der Waals surface area contributed by atoms with Gasteiger partial charge in [0.2, 0.25) is 5.91 Å². The van der Waals surface area contributed by atoms with E-state index in [0.717, 1.165) is 17.0 Å². The summed E-state index contributed by atoms with van der Waals surface area (Å²) in [6.45, 7) is 2.74. The molecule has 0 radical (unpaired) electrons. The second-order valence-electron chi connectivity index (χ2n) is 6.69. The molecular weight excluding hydrogens is 356 g/mol. The number of benzene rings is 2. The molecule has 1 unspecified atom stereocenters. The molecule has 0 fully saturated rings. The Hall–Kier alpha value is -3.35. The smallest absolute Gasteiger partial charge is 0.270 e. The highest BCUT2D eigenvalue weighted by Gasteiger charge is 2.35. The number of nitrogens with two attached hydrogens (primary N) is 1. The zero-order chi connectivity index (χ0) is 20.1. The predicted octanol–water partition coefficient (Wildman–Crippen LogP) is 1.95. The Morgan fingerprint density at radius 1 is 1.18 bits per heavy atom. The van der Waals surface area contributed by atoms with E-state index in [-0.39, 0.29) is 12.3 Å². The maximum absolute atomic E-state index is 12.8. The summed E-state index contributed by atoms with van der Waals surface area (Å²) in [6, 6.07) is 16.3. The fourth-order valence-electron chi connectivity index (χ4n) is 3.01. The van der Waals surface area contributed by atoms with Crippen LogP contribution in [-0.4, -0.2) is 48.7 Å². The number of amides is 2. The molecule has 1 aliphatic heterocycles. The highest BCUT2D eigenvalue weighted by Crippen LogP contribution is 2.24. The average molecular weight is 380 g/mol. The van der Waals surface area contributed by atoms with Crippen LogP contribution in [0.4, 0.5) is 5.69 Å². The number of hydrazone groups is 1. The van der Waals surface area contributed by atoms with Crippen molar-refractivity contribution in [1.82, 2.24) is 4.90 Å². The van der Waals surface area contributed by atoms with Gasteiger partial charge in [-0.15, -0.1) is 0 Å². The molecule has 0 saturated carbocycles. The van der Waals surface area contributed by atoms with Gasteiger partial charge in [-0.05, 0) is 30.7 Å². The third-order valence-corrected chi connectivity index (χ3v) is 4.63. The quantitative estimate of drug-likeness (QED) is 0.795. The van der Waals surface area contributed by atoms with Crippen molar-refractivity contribution in [2.24, 2.45) is 10.8 Å². The van der Waals surface area contributed by atoms with E-state index in [1.165, 1.54) is 5.01 Å². The zero-order valence-corrected chi connectivity index (χ0v) is 16.0. The number of likely N-dealkylation sites (N-methyl/N-ethyl adjacent to an activating group) is 1. The van der Waals surface area contributed by atoms with Crippen molar-refractivity contribution in [3.05, 3.63) is 60.2 Å². The largest absolute Gasteiger partial charge is 0.491 e. The molecule has 0 aliphatic carbocycles. The highest BCUT2D eigenvalue weighted by atomic mass is 16.5. The Balaban J connectivity index is 1.64. The van der Waals surface area contributed by atoms with E-state index in [4.69, 9.17) is 10.5 Å². The van der Waals surface area contributed by atoms with E-state index in [1.54, 1.807) is 11.9 Å². The first kappa shape index (κ1) is 19.4. The predicted molar refractivity (Wildman–Crippen MR) is 108 cm³/mol. The standard InChI is InChI=1S/C21H24N4O3/c1-15-8-6-7-11-19(15)28-13-12-24(2)21(27)17-14-18(20(22)26)25(23-17)16-9-4-3-5-10-16/h3-11,18H,12-14H2,1-2H3,(H2,22,26). The number of carbonyl (C=O) groups is 2. The fourth-order valence-corrected chi connectivity index (χ4v) is 3.01. The molecule has 0 bridgehead atoms. The lowest BCUT2D eigenvalue weighted by Crippen LogP contribution is -2.40. The summed E-state index contributed by atoms with van der Waals surface area (Å²) in [5.74, 6) is 0.0459. The number of carbonyl (C=O) groups excluding carboxylic acids is 2. The topological polar surface area (TPSA) is 88.2 Å². The molecule has 146 valence electrons. The number of ether oxygens (including phenoxy) is 1. The molecule has 3 rings (SSSR count). The van der Waals surface area contributed by atoms with Crippen molar-refractivity contribution >= 4 is 23.2 Å². The lowest BCUT2D eigenvalue weighted by molar-refractivity contribution is -0.123. The van der Waals surface area contributed by atoms with Crippen molar-refractivity contribution in [3.8, 4) is 5.75 Å². The first-order valence-electron chi connectivity index (χ1n) is 9.12. The summed E-state index contributed by atoms with van der Waals surface area (Å²) < 4.78 is 5.75. The molecule has 2 amide bonds. The van der Waals surface area contributed by atoms with Gasteiger partial charge in [0, 0.05) is 13.5 Å². The van der Waals surface area contributed by atoms with Gasteiger partial charge in [-0.2, -0.15) is 5.10 Å². The van der Waals surface area contributed by atoms with E-state index < -0.39 is 11.9 Å². The molecule has 1 aliphatic rings. The van der Waals surface area contributed by atoms with Gasteiger partial charge in [-0.1, -0.05) is 36.4 Å². The molecular formula is C21H24N4O3. The SMILES string of the molecule is Cc1ccccc1OCCN(C)C(=O)C1=NN(c2ccccc2)C(C(N)=O)C1. The summed E-state index contributed by atoms with van der Waals surface area (Å²) in [5.41, 5.74) is 7.60. The Morgan fingerprint density at radius 3 is 2.54 bits per heavy atom. The third-order valence-electron chi connectivity index (χ3n) is 4.63. The van der Waals surface area contributed by atoms with Crippen LogP contribution < -0.4 is 15.5 Å². The molecule has 2 N–H and O–H groups in total. The van der Waals surface area contributed by atoms with Crippen molar-refractivity contribution < 1.29 is 14.3 Å². The van der Waals surface area contributed by atoms with Gasteiger partial charge in [-0.3, -0.25) is 14.6 Å². The van der Waals surface area contributed by atoms with E-state index in [9.17, 15) is 9.59 Å². The molecule has 0 aromatic heterocycles. The summed E-state index contributed by atoms with van der Waals surface area (Å²) in [5, 5.41) is 5.90. The third kappa shape index (κ3) is 4.31.